The number of aryl methyl sites for hydroxylation is 1. The highest BCUT2D eigenvalue weighted by molar-refractivity contribution is 6.06. The zero-order valence-electron chi connectivity index (χ0n) is 21.1. The van der Waals surface area contributed by atoms with Gasteiger partial charge in [0.05, 0.1) is 16.7 Å². The number of piperidine rings is 1. The second kappa shape index (κ2) is 9.81. The fourth-order valence-electron chi connectivity index (χ4n) is 5.56. The molecule has 1 saturated carbocycles. The van der Waals surface area contributed by atoms with Crippen LogP contribution in [0.3, 0.4) is 0 Å². The molecule has 3 heterocycles. The number of imidazole rings is 1. The molecule has 7 nitrogen and oxygen atoms in total. The summed E-state index contributed by atoms with van der Waals surface area (Å²) >= 11 is 0. The molecule has 0 atom stereocenters. The van der Waals surface area contributed by atoms with Crippen molar-refractivity contribution in [2.45, 2.75) is 38.0 Å². The second-order valence-electron chi connectivity index (χ2n) is 10.2. The van der Waals surface area contributed by atoms with Crippen LogP contribution < -0.4 is 5.32 Å². The minimum absolute atomic E-state index is 0.0105. The highest BCUT2D eigenvalue weighted by atomic mass is 16.2. The molecule has 1 N–H and O–H groups in total. The lowest BCUT2D eigenvalue weighted by molar-refractivity contribution is -0.122. The molecule has 2 fully saturated rings. The van der Waals surface area contributed by atoms with Crippen LogP contribution in [0.25, 0.3) is 22.4 Å². The molecule has 0 spiro atoms. The van der Waals surface area contributed by atoms with Crippen molar-refractivity contribution in [3.63, 3.8) is 0 Å². The number of hydrogen-bond donors (Lipinski definition) is 1. The van der Waals surface area contributed by atoms with Gasteiger partial charge in [0.1, 0.15) is 5.82 Å². The summed E-state index contributed by atoms with van der Waals surface area (Å²) in [5.74, 6) is 1.30. The largest absolute Gasteiger partial charge is 0.339 e. The highest BCUT2D eigenvalue weighted by Crippen LogP contribution is 2.34. The number of fused-ring (bicyclic) bond motifs is 1. The Morgan fingerprint density at radius 3 is 2.35 bits per heavy atom. The van der Waals surface area contributed by atoms with Crippen LogP contribution in [0.4, 0.5) is 5.69 Å². The van der Waals surface area contributed by atoms with Gasteiger partial charge in [-0.25, -0.2) is 4.98 Å². The van der Waals surface area contributed by atoms with Crippen LogP contribution in [0.2, 0.25) is 0 Å². The number of nitrogens with zero attached hydrogens (tertiary/aromatic N) is 4. The van der Waals surface area contributed by atoms with Crippen LogP contribution in [0, 0.1) is 5.92 Å². The number of pyridine rings is 1. The normalized spacial score (nSPS) is 16.5. The van der Waals surface area contributed by atoms with Gasteiger partial charge in [-0.3, -0.25) is 14.6 Å². The van der Waals surface area contributed by atoms with Gasteiger partial charge >= 0.3 is 0 Å². The van der Waals surface area contributed by atoms with Crippen LogP contribution in [0.5, 0.6) is 0 Å². The van der Waals surface area contributed by atoms with Gasteiger partial charge in [0.25, 0.3) is 5.91 Å². The van der Waals surface area contributed by atoms with Crippen LogP contribution >= 0.6 is 0 Å². The topological polar surface area (TPSA) is 80.1 Å². The Labute approximate surface area is 216 Å². The van der Waals surface area contributed by atoms with E-state index in [1.54, 1.807) is 12.4 Å². The maximum Gasteiger partial charge on any atom is 0.254 e. The number of rotatable bonds is 5. The summed E-state index contributed by atoms with van der Waals surface area (Å²) in [6, 6.07) is 18.1. The van der Waals surface area contributed by atoms with E-state index in [-0.39, 0.29) is 17.7 Å². The standard InChI is InChI=1S/C30H31N5O2/c1-34-27-25(32-28(34)22-10-14-31-15-11-22)18-24(19-26(27)33-29(36)23-8-5-9-23)30(37)35-16-12-21(13-17-35)20-6-3-2-4-7-20/h2-4,6-7,10-11,14-15,18-19,21,23H,5,8-9,12-13,16-17H2,1H3,(H,33,36). The molecule has 0 unspecified atom stereocenters. The summed E-state index contributed by atoms with van der Waals surface area (Å²) in [5, 5.41) is 3.14. The van der Waals surface area contributed by atoms with Crippen LogP contribution in [0.15, 0.2) is 67.0 Å². The van der Waals surface area contributed by atoms with E-state index < -0.39 is 0 Å². The van der Waals surface area contributed by atoms with E-state index in [9.17, 15) is 9.59 Å². The van der Waals surface area contributed by atoms with Crippen molar-refractivity contribution in [1.82, 2.24) is 19.4 Å². The van der Waals surface area contributed by atoms with Crippen molar-refractivity contribution < 1.29 is 9.59 Å². The third kappa shape index (κ3) is 4.50. The minimum atomic E-state index is -0.0105. The Kier molecular flexibility index (Phi) is 6.20. The van der Waals surface area contributed by atoms with Gasteiger partial charge in [-0.05, 0) is 61.4 Å². The molecule has 0 bridgehead atoms. The summed E-state index contributed by atoms with van der Waals surface area (Å²) in [5.41, 5.74) is 5.00. The maximum atomic E-state index is 13.7. The van der Waals surface area contributed by atoms with Gasteiger partial charge in [0, 0.05) is 49.6 Å². The molecule has 2 aromatic carbocycles. The van der Waals surface area contributed by atoms with Crippen molar-refractivity contribution >= 4 is 28.5 Å². The third-order valence-electron chi connectivity index (χ3n) is 7.94. The Hall–Kier alpha value is -4.00. The summed E-state index contributed by atoms with van der Waals surface area (Å²) in [4.78, 5) is 37.5. The molecule has 1 aliphatic heterocycles. The zero-order chi connectivity index (χ0) is 25.4. The van der Waals surface area contributed by atoms with E-state index in [0.29, 0.717) is 35.8 Å². The number of likely N-dealkylation sites (tertiary alicyclic amines) is 1. The molecule has 2 aromatic heterocycles. The molecular weight excluding hydrogens is 462 g/mol. The monoisotopic (exact) mass is 493 g/mol. The van der Waals surface area contributed by atoms with Crippen LogP contribution in [-0.2, 0) is 11.8 Å². The Morgan fingerprint density at radius 1 is 0.946 bits per heavy atom. The van der Waals surface area contributed by atoms with Crippen molar-refractivity contribution in [3.8, 4) is 11.4 Å². The average Bonchev–Trinajstić information content (AvgIpc) is 3.25. The zero-order valence-corrected chi connectivity index (χ0v) is 21.1. The molecule has 6 rings (SSSR count). The minimum Gasteiger partial charge on any atom is -0.339 e. The number of nitrogens with one attached hydrogen (secondary N) is 1. The second-order valence-corrected chi connectivity index (χ2v) is 10.2. The SMILES string of the molecule is Cn1c(-c2ccncc2)nc2cc(C(=O)N3CCC(c4ccccc4)CC3)cc(NC(=O)C3CCC3)c21. The Balaban J connectivity index is 1.32. The van der Waals surface area contributed by atoms with E-state index in [4.69, 9.17) is 4.98 Å². The first-order chi connectivity index (χ1) is 18.1. The molecule has 4 aromatic rings. The quantitative estimate of drug-likeness (QED) is 0.404. The first-order valence-electron chi connectivity index (χ1n) is 13.1. The number of amides is 2. The fourth-order valence-corrected chi connectivity index (χ4v) is 5.56. The van der Waals surface area contributed by atoms with Gasteiger partial charge in [-0.15, -0.1) is 0 Å². The van der Waals surface area contributed by atoms with Gasteiger partial charge in [0.15, 0.2) is 0 Å². The molecular formula is C30H31N5O2. The number of carbonyl (C=O) groups is 2. The molecule has 2 amide bonds. The molecule has 1 aliphatic carbocycles. The lowest BCUT2D eigenvalue weighted by atomic mass is 9.85. The molecule has 0 radical (unpaired) electrons. The Morgan fingerprint density at radius 2 is 1.68 bits per heavy atom. The lowest BCUT2D eigenvalue weighted by Crippen LogP contribution is -2.38. The van der Waals surface area contributed by atoms with Crippen LogP contribution in [-0.4, -0.2) is 44.3 Å². The van der Waals surface area contributed by atoms with E-state index in [1.807, 2.05) is 46.8 Å². The van der Waals surface area contributed by atoms with Crippen molar-refractivity contribution in [2.75, 3.05) is 18.4 Å². The summed E-state index contributed by atoms with van der Waals surface area (Å²) in [6.07, 6.45) is 8.28. The molecule has 2 aliphatic rings. The van der Waals surface area contributed by atoms with E-state index in [2.05, 4.69) is 34.6 Å². The highest BCUT2D eigenvalue weighted by Gasteiger charge is 2.29. The molecule has 1 saturated heterocycles. The summed E-state index contributed by atoms with van der Waals surface area (Å²) < 4.78 is 1.99. The van der Waals surface area contributed by atoms with E-state index >= 15 is 0 Å². The lowest BCUT2D eigenvalue weighted by Gasteiger charge is -2.32. The third-order valence-corrected chi connectivity index (χ3v) is 7.94. The average molecular weight is 494 g/mol. The molecule has 188 valence electrons. The predicted octanol–water partition coefficient (Wildman–Crippen LogP) is 5.39. The predicted molar refractivity (Wildman–Crippen MR) is 144 cm³/mol. The van der Waals surface area contributed by atoms with Gasteiger partial charge in [0.2, 0.25) is 5.91 Å². The number of carbonyl (C=O) groups excluding carboxylic acids is 2. The fraction of sp³-hybridized carbons (Fsp3) is 0.333. The van der Waals surface area contributed by atoms with Gasteiger partial charge < -0.3 is 14.8 Å². The number of benzene rings is 2. The van der Waals surface area contributed by atoms with Gasteiger partial charge in [-0.1, -0.05) is 36.8 Å². The maximum absolute atomic E-state index is 13.7. The number of hydrogen-bond acceptors (Lipinski definition) is 4. The van der Waals surface area contributed by atoms with Crippen molar-refractivity contribution in [1.29, 1.82) is 0 Å². The van der Waals surface area contributed by atoms with E-state index in [0.717, 1.165) is 49.0 Å². The molecule has 7 heteroatoms. The first kappa shape index (κ1) is 23.4. The van der Waals surface area contributed by atoms with Crippen molar-refractivity contribution in [3.05, 3.63) is 78.1 Å². The summed E-state index contributed by atoms with van der Waals surface area (Å²) in [6.45, 7) is 1.43. The Bertz CT molecular complexity index is 1440. The smallest absolute Gasteiger partial charge is 0.254 e. The number of anilines is 1. The van der Waals surface area contributed by atoms with Crippen molar-refractivity contribution in [2.24, 2.45) is 13.0 Å². The van der Waals surface area contributed by atoms with E-state index in [1.165, 1.54) is 5.56 Å². The molecule has 37 heavy (non-hydrogen) atoms. The first-order valence-corrected chi connectivity index (χ1v) is 13.1. The van der Waals surface area contributed by atoms with Gasteiger partial charge in [-0.2, -0.15) is 0 Å². The summed E-state index contributed by atoms with van der Waals surface area (Å²) in [7, 11) is 1.94. The number of aromatic nitrogens is 3. The van der Waals surface area contributed by atoms with Crippen LogP contribution in [0.1, 0.15) is 53.9 Å².